The van der Waals surface area contributed by atoms with E-state index in [2.05, 4.69) is 12.2 Å². The number of carbonyl (C=O) groups excluding carboxylic acids is 2. The summed E-state index contributed by atoms with van der Waals surface area (Å²) < 4.78 is 5.61. The second-order valence-electron chi connectivity index (χ2n) is 4.87. The third-order valence-electron chi connectivity index (χ3n) is 3.60. The van der Waals surface area contributed by atoms with Crippen LogP contribution in [0.15, 0.2) is 0 Å². The highest BCUT2D eigenvalue weighted by Crippen LogP contribution is 2.24. The molecule has 0 bridgehead atoms. The fourth-order valence-electron chi connectivity index (χ4n) is 2.66. The molecule has 0 aliphatic carbocycles. The molecule has 2 saturated heterocycles. The van der Waals surface area contributed by atoms with Gasteiger partial charge >= 0.3 is 0 Å². The van der Waals surface area contributed by atoms with Crippen molar-refractivity contribution in [3.05, 3.63) is 0 Å². The molecule has 3 unspecified atom stereocenters. The van der Waals surface area contributed by atoms with E-state index in [4.69, 9.17) is 4.74 Å². The van der Waals surface area contributed by atoms with Gasteiger partial charge in [-0.2, -0.15) is 0 Å². The van der Waals surface area contributed by atoms with E-state index in [0.29, 0.717) is 12.5 Å². The number of hydrogen-bond acceptors (Lipinski definition) is 3. The molecule has 17 heavy (non-hydrogen) atoms. The van der Waals surface area contributed by atoms with Crippen LogP contribution in [0, 0.1) is 5.92 Å². The van der Waals surface area contributed by atoms with Crippen LogP contribution in [0.1, 0.15) is 26.7 Å². The Kier molecular flexibility index (Phi) is 3.66. The van der Waals surface area contributed by atoms with Crippen LogP contribution >= 0.6 is 0 Å². The molecule has 0 radical (unpaired) electrons. The number of carbonyl (C=O) groups is 2. The fourth-order valence-corrected chi connectivity index (χ4v) is 2.66. The van der Waals surface area contributed by atoms with Crippen LogP contribution in [0.25, 0.3) is 0 Å². The zero-order valence-corrected chi connectivity index (χ0v) is 10.4. The summed E-state index contributed by atoms with van der Waals surface area (Å²) >= 11 is 0. The molecule has 1 N–H and O–H groups in total. The number of amides is 2. The summed E-state index contributed by atoms with van der Waals surface area (Å²) in [7, 11) is 0. The van der Waals surface area contributed by atoms with Crippen LogP contribution < -0.4 is 5.32 Å². The normalized spacial score (nSPS) is 34.0. The maximum absolute atomic E-state index is 11.9. The predicted molar refractivity (Wildman–Crippen MR) is 62.3 cm³/mol. The molecule has 0 saturated carbocycles. The van der Waals surface area contributed by atoms with Gasteiger partial charge in [-0.05, 0) is 19.8 Å². The molecule has 0 aromatic heterocycles. The Hall–Kier alpha value is -1.10. The molecule has 2 aliphatic rings. The summed E-state index contributed by atoms with van der Waals surface area (Å²) in [4.78, 5) is 25.0. The van der Waals surface area contributed by atoms with Crippen molar-refractivity contribution in [1.82, 2.24) is 10.2 Å². The van der Waals surface area contributed by atoms with Gasteiger partial charge in [0.25, 0.3) is 0 Å². The number of hydrogen-bond donors (Lipinski definition) is 1. The Bertz CT molecular complexity index is 319. The van der Waals surface area contributed by atoms with Gasteiger partial charge in [0.1, 0.15) is 6.04 Å². The molecule has 2 rings (SSSR count). The number of nitrogens with zero attached hydrogens (tertiary/aromatic N) is 1. The van der Waals surface area contributed by atoms with E-state index in [0.717, 1.165) is 19.4 Å². The molecule has 0 aromatic carbocycles. The number of ether oxygens (including phenoxy) is 1. The van der Waals surface area contributed by atoms with Crippen molar-refractivity contribution in [3.63, 3.8) is 0 Å². The molecular weight excluding hydrogens is 220 g/mol. The van der Waals surface area contributed by atoms with Crippen molar-refractivity contribution in [3.8, 4) is 0 Å². The van der Waals surface area contributed by atoms with Gasteiger partial charge in [0, 0.05) is 19.1 Å². The minimum absolute atomic E-state index is 0.0198. The summed E-state index contributed by atoms with van der Waals surface area (Å²) in [5, 5.41) is 2.65. The molecule has 2 heterocycles. The summed E-state index contributed by atoms with van der Waals surface area (Å²) in [5.41, 5.74) is 0. The van der Waals surface area contributed by atoms with E-state index in [-0.39, 0.29) is 24.5 Å². The van der Waals surface area contributed by atoms with Crippen LogP contribution in [0.3, 0.4) is 0 Å². The molecule has 3 atom stereocenters. The van der Waals surface area contributed by atoms with E-state index >= 15 is 0 Å². The lowest BCUT2D eigenvalue weighted by Gasteiger charge is -2.33. The van der Waals surface area contributed by atoms with Crippen LogP contribution in [-0.4, -0.2) is 48.6 Å². The zero-order chi connectivity index (χ0) is 12.4. The number of rotatable bonds is 3. The Morgan fingerprint density at radius 3 is 2.94 bits per heavy atom. The molecule has 2 amide bonds. The van der Waals surface area contributed by atoms with Gasteiger partial charge in [-0.25, -0.2) is 0 Å². The first-order valence-corrected chi connectivity index (χ1v) is 6.31. The van der Waals surface area contributed by atoms with Crippen molar-refractivity contribution in [2.75, 3.05) is 19.7 Å². The van der Waals surface area contributed by atoms with Gasteiger partial charge in [-0.3, -0.25) is 9.59 Å². The average molecular weight is 240 g/mol. The Morgan fingerprint density at radius 2 is 2.24 bits per heavy atom. The van der Waals surface area contributed by atoms with Crippen molar-refractivity contribution >= 4 is 11.8 Å². The number of piperazine rings is 1. The summed E-state index contributed by atoms with van der Waals surface area (Å²) in [6.45, 7) is 5.43. The quantitative estimate of drug-likeness (QED) is 0.764. The van der Waals surface area contributed by atoms with E-state index < -0.39 is 6.04 Å². The summed E-state index contributed by atoms with van der Waals surface area (Å²) in [5.74, 6) is 0.331. The van der Waals surface area contributed by atoms with Crippen molar-refractivity contribution in [2.24, 2.45) is 5.92 Å². The first-order valence-electron chi connectivity index (χ1n) is 6.31. The van der Waals surface area contributed by atoms with Crippen LogP contribution in [0.2, 0.25) is 0 Å². The first kappa shape index (κ1) is 12.4. The van der Waals surface area contributed by atoms with Gasteiger partial charge in [-0.1, -0.05) is 6.92 Å². The highest BCUT2D eigenvalue weighted by Gasteiger charge is 2.34. The molecule has 2 fully saturated rings. The van der Waals surface area contributed by atoms with E-state index in [9.17, 15) is 9.59 Å². The van der Waals surface area contributed by atoms with E-state index in [1.54, 1.807) is 11.8 Å². The van der Waals surface area contributed by atoms with Gasteiger partial charge in [0.15, 0.2) is 0 Å². The maximum Gasteiger partial charge on any atom is 0.245 e. The van der Waals surface area contributed by atoms with Crippen LogP contribution in [0.5, 0.6) is 0 Å². The molecule has 0 aromatic rings. The van der Waals surface area contributed by atoms with E-state index in [1.165, 1.54) is 0 Å². The molecule has 2 aliphatic heterocycles. The topological polar surface area (TPSA) is 58.6 Å². The molecule has 5 nitrogen and oxygen atoms in total. The van der Waals surface area contributed by atoms with E-state index in [1.807, 2.05) is 0 Å². The fraction of sp³-hybridized carbons (Fsp3) is 0.833. The Balaban J connectivity index is 1.97. The third kappa shape index (κ3) is 2.60. The van der Waals surface area contributed by atoms with Crippen LogP contribution in [0.4, 0.5) is 0 Å². The minimum atomic E-state index is -0.390. The standard InChI is InChI=1S/C12H20N2O3/c1-3-10-9(4-5-17-10)6-14-7-11(15)13-8(2)12(14)16/h8-10H,3-7H2,1-2H3,(H,13,15). The van der Waals surface area contributed by atoms with Gasteiger partial charge in [-0.15, -0.1) is 0 Å². The first-order chi connectivity index (χ1) is 8.11. The van der Waals surface area contributed by atoms with Crippen molar-refractivity contribution in [1.29, 1.82) is 0 Å². The zero-order valence-electron chi connectivity index (χ0n) is 10.4. The smallest absolute Gasteiger partial charge is 0.245 e. The number of nitrogens with one attached hydrogen (secondary N) is 1. The predicted octanol–water partition coefficient (Wildman–Crippen LogP) is 0.148. The van der Waals surface area contributed by atoms with Crippen molar-refractivity contribution < 1.29 is 14.3 Å². The molecule has 5 heteroatoms. The third-order valence-corrected chi connectivity index (χ3v) is 3.60. The lowest BCUT2D eigenvalue weighted by atomic mass is 9.98. The molecular formula is C12H20N2O3. The second kappa shape index (κ2) is 5.04. The lowest BCUT2D eigenvalue weighted by Crippen LogP contribution is -2.57. The van der Waals surface area contributed by atoms with Crippen LogP contribution in [-0.2, 0) is 14.3 Å². The Morgan fingerprint density at radius 1 is 1.47 bits per heavy atom. The minimum Gasteiger partial charge on any atom is -0.378 e. The Labute approximate surface area is 101 Å². The summed E-state index contributed by atoms with van der Waals surface area (Å²) in [6, 6.07) is -0.390. The largest absolute Gasteiger partial charge is 0.378 e. The maximum atomic E-state index is 11.9. The summed E-state index contributed by atoms with van der Waals surface area (Å²) in [6.07, 6.45) is 2.19. The SMILES string of the molecule is CCC1OCCC1CN1CC(=O)NC(C)C1=O. The van der Waals surface area contributed by atoms with Gasteiger partial charge < -0.3 is 15.0 Å². The monoisotopic (exact) mass is 240 g/mol. The highest BCUT2D eigenvalue weighted by atomic mass is 16.5. The molecule has 96 valence electrons. The van der Waals surface area contributed by atoms with Gasteiger partial charge in [0.05, 0.1) is 12.6 Å². The highest BCUT2D eigenvalue weighted by molar-refractivity contribution is 5.94. The van der Waals surface area contributed by atoms with Crippen molar-refractivity contribution in [2.45, 2.75) is 38.8 Å². The average Bonchev–Trinajstić information content (AvgIpc) is 2.72. The lowest BCUT2D eigenvalue weighted by molar-refractivity contribution is -0.144. The molecule has 0 spiro atoms. The second-order valence-corrected chi connectivity index (χ2v) is 4.87. The van der Waals surface area contributed by atoms with Gasteiger partial charge in [0.2, 0.25) is 11.8 Å².